The summed E-state index contributed by atoms with van der Waals surface area (Å²) in [5.74, 6) is 2.02. The first-order valence-corrected chi connectivity index (χ1v) is 16.1. The summed E-state index contributed by atoms with van der Waals surface area (Å²) in [6.07, 6.45) is 40.2. The molecule has 196 valence electrons. The maximum Gasteiger partial charge on any atom is 0.00388 e. The van der Waals surface area contributed by atoms with E-state index in [2.05, 4.69) is 12.2 Å². The SMILES string of the molecule is C[C@H]1CC[C@@H]2CCCCCCCCCCCCCCCCCCC(CCCCCCCN1)C2. The van der Waals surface area contributed by atoms with Gasteiger partial charge in [0.15, 0.2) is 0 Å². The van der Waals surface area contributed by atoms with E-state index in [1.165, 1.54) is 173 Å². The second-order valence-corrected chi connectivity index (χ2v) is 12.2. The van der Waals surface area contributed by atoms with Crippen LogP contribution in [0, 0.1) is 11.8 Å². The molecule has 0 aromatic rings. The van der Waals surface area contributed by atoms with Crippen LogP contribution >= 0.6 is 0 Å². The van der Waals surface area contributed by atoms with Gasteiger partial charge < -0.3 is 5.32 Å². The zero-order valence-electron chi connectivity index (χ0n) is 23.0. The topological polar surface area (TPSA) is 12.0 Å². The minimum Gasteiger partial charge on any atom is -0.314 e. The molecule has 0 aromatic carbocycles. The Balaban J connectivity index is 1.86. The van der Waals surface area contributed by atoms with E-state index in [1.54, 1.807) is 6.42 Å². The summed E-state index contributed by atoms with van der Waals surface area (Å²) in [5, 5.41) is 3.83. The molecule has 2 bridgehead atoms. The highest BCUT2D eigenvalue weighted by molar-refractivity contribution is 4.72. The van der Waals surface area contributed by atoms with E-state index in [0.29, 0.717) is 0 Å². The predicted molar refractivity (Wildman–Crippen MR) is 149 cm³/mol. The van der Waals surface area contributed by atoms with Gasteiger partial charge >= 0.3 is 0 Å². The average Bonchev–Trinajstić information content (AvgIpc) is 2.81. The van der Waals surface area contributed by atoms with Crippen molar-refractivity contribution in [1.29, 1.82) is 0 Å². The summed E-state index contributed by atoms with van der Waals surface area (Å²) in [4.78, 5) is 0. The maximum atomic E-state index is 3.83. The predicted octanol–water partition coefficient (Wildman–Crippen LogP) is 10.8. The summed E-state index contributed by atoms with van der Waals surface area (Å²) in [6.45, 7) is 3.69. The zero-order chi connectivity index (χ0) is 23.2. The van der Waals surface area contributed by atoms with E-state index in [9.17, 15) is 0 Å². The van der Waals surface area contributed by atoms with Crippen molar-refractivity contribution in [3.63, 3.8) is 0 Å². The van der Waals surface area contributed by atoms with Crippen molar-refractivity contribution < 1.29 is 0 Å². The third-order valence-electron chi connectivity index (χ3n) is 8.93. The van der Waals surface area contributed by atoms with Crippen molar-refractivity contribution >= 4 is 0 Å². The van der Waals surface area contributed by atoms with E-state index in [-0.39, 0.29) is 0 Å². The van der Waals surface area contributed by atoms with E-state index in [0.717, 1.165) is 17.9 Å². The van der Waals surface area contributed by atoms with Crippen molar-refractivity contribution in [3.05, 3.63) is 0 Å². The van der Waals surface area contributed by atoms with Crippen molar-refractivity contribution in [2.45, 2.75) is 186 Å². The quantitative estimate of drug-likeness (QED) is 0.378. The lowest BCUT2D eigenvalue weighted by Gasteiger charge is -2.26. The van der Waals surface area contributed by atoms with Crippen molar-refractivity contribution in [1.82, 2.24) is 5.32 Å². The van der Waals surface area contributed by atoms with Crippen LogP contribution in [0.5, 0.6) is 0 Å². The van der Waals surface area contributed by atoms with Gasteiger partial charge in [-0.3, -0.25) is 0 Å². The van der Waals surface area contributed by atoms with Crippen LogP contribution in [0.4, 0.5) is 0 Å². The Bertz CT molecular complexity index is 405. The third kappa shape index (κ3) is 17.1. The number of rotatable bonds is 0. The molecular weight excluding hydrogens is 398 g/mol. The van der Waals surface area contributed by atoms with Crippen molar-refractivity contribution in [3.8, 4) is 0 Å². The Hall–Kier alpha value is -0.0400. The molecule has 0 aromatic heterocycles. The molecule has 1 heteroatoms. The summed E-state index contributed by atoms with van der Waals surface area (Å²) < 4.78 is 0. The third-order valence-corrected chi connectivity index (χ3v) is 8.93. The molecule has 1 heterocycles. The van der Waals surface area contributed by atoms with Gasteiger partial charge in [-0.25, -0.2) is 0 Å². The van der Waals surface area contributed by atoms with E-state index in [4.69, 9.17) is 0 Å². The molecule has 2 aliphatic rings. The van der Waals surface area contributed by atoms with Gasteiger partial charge in [-0.1, -0.05) is 148 Å². The molecule has 0 radical (unpaired) electrons. The van der Waals surface area contributed by atoms with Crippen LogP contribution in [-0.4, -0.2) is 12.6 Å². The molecule has 1 saturated carbocycles. The Kier molecular flexibility index (Phi) is 18.8. The molecule has 33 heavy (non-hydrogen) atoms. The Morgan fingerprint density at radius 1 is 0.364 bits per heavy atom. The van der Waals surface area contributed by atoms with E-state index < -0.39 is 0 Å². The summed E-state index contributed by atoms with van der Waals surface area (Å²) in [7, 11) is 0. The van der Waals surface area contributed by atoms with Crippen molar-refractivity contribution in [2.24, 2.45) is 11.8 Å². The molecule has 1 N–H and O–H groups in total. The smallest absolute Gasteiger partial charge is 0.00388 e. The summed E-state index contributed by atoms with van der Waals surface area (Å²) in [6, 6.07) is 0.719. The molecule has 1 nitrogen and oxygen atoms in total. The second-order valence-electron chi connectivity index (χ2n) is 12.2. The molecule has 2 rings (SSSR count). The minimum absolute atomic E-state index is 0.719. The van der Waals surface area contributed by atoms with Crippen LogP contribution in [0.15, 0.2) is 0 Å². The van der Waals surface area contributed by atoms with Crippen LogP contribution in [0.25, 0.3) is 0 Å². The average molecular weight is 462 g/mol. The fourth-order valence-corrected chi connectivity index (χ4v) is 6.60. The second kappa shape index (κ2) is 21.3. The van der Waals surface area contributed by atoms with Crippen LogP contribution in [-0.2, 0) is 0 Å². The monoisotopic (exact) mass is 461 g/mol. The molecule has 1 unspecified atom stereocenters. The molecular formula is C32H63N. The molecule has 1 aliphatic carbocycles. The molecule has 0 spiro atoms. The van der Waals surface area contributed by atoms with Gasteiger partial charge in [-0.15, -0.1) is 0 Å². The van der Waals surface area contributed by atoms with Gasteiger partial charge in [-0.2, -0.15) is 0 Å². The standard InChI is InChI=1S/C32H63N/c1-30-26-27-32-25-21-16-13-11-9-7-5-3-2-4-6-8-10-12-15-19-23-31(29-32)24-20-17-14-18-22-28-33-30/h30-33H,2-29H2,1H3/t30-,31?,32-/m0/s1. The zero-order valence-corrected chi connectivity index (χ0v) is 23.0. The molecule has 0 amide bonds. The molecule has 2 fully saturated rings. The lowest BCUT2D eigenvalue weighted by molar-refractivity contribution is 0.274. The summed E-state index contributed by atoms with van der Waals surface area (Å²) >= 11 is 0. The fourth-order valence-electron chi connectivity index (χ4n) is 6.60. The van der Waals surface area contributed by atoms with Gasteiger partial charge in [0.2, 0.25) is 0 Å². The van der Waals surface area contributed by atoms with Gasteiger partial charge in [0.25, 0.3) is 0 Å². The van der Waals surface area contributed by atoms with Gasteiger partial charge in [0.1, 0.15) is 0 Å². The number of hydrogen-bond acceptors (Lipinski definition) is 1. The number of hydrogen-bond donors (Lipinski definition) is 1. The maximum absolute atomic E-state index is 3.83. The molecule has 1 saturated heterocycles. The van der Waals surface area contributed by atoms with Crippen LogP contribution in [0.1, 0.15) is 180 Å². The first-order chi connectivity index (χ1) is 16.3. The molecule has 1 aliphatic heterocycles. The van der Waals surface area contributed by atoms with Crippen LogP contribution in [0.2, 0.25) is 0 Å². The summed E-state index contributed by atoms with van der Waals surface area (Å²) in [5.41, 5.74) is 0. The number of nitrogens with one attached hydrogen (secondary N) is 1. The highest BCUT2D eigenvalue weighted by Crippen LogP contribution is 2.31. The lowest BCUT2D eigenvalue weighted by atomic mass is 9.81. The first kappa shape index (κ1) is 29.2. The highest BCUT2D eigenvalue weighted by Gasteiger charge is 2.18. The van der Waals surface area contributed by atoms with Crippen LogP contribution < -0.4 is 5.32 Å². The normalized spacial score (nSPS) is 31.0. The lowest BCUT2D eigenvalue weighted by Crippen LogP contribution is -2.28. The Morgan fingerprint density at radius 2 is 0.697 bits per heavy atom. The Labute approximate surface area is 210 Å². The number of fused-ring (bicyclic) bond motifs is 2. The van der Waals surface area contributed by atoms with Gasteiger partial charge in [0, 0.05) is 6.04 Å². The van der Waals surface area contributed by atoms with Gasteiger partial charge in [0.05, 0.1) is 0 Å². The van der Waals surface area contributed by atoms with Crippen molar-refractivity contribution in [2.75, 3.05) is 6.54 Å². The molecule has 3 atom stereocenters. The first-order valence-electron chi connectivity index (χ1n) is 16.1. The van der Waals surface area contributed by atoms with Crippen LogP contribution in [0.3, 0.4) is 0 Å². The minimum atomic E-state index is 0.719. The van der Waals surface area contributed by atoms with Gasteiger partial charge in [-0.05, 0) is 51.0 Å². The van der Waals surface area contributed by atoms with E-state index >= 15 is 0 Å². The fraction of sp³-hybridized carbons (Fsp3) is 1.00. The van der Waals surface area contributed by atoms with E-state index in [1.807, 2.05) is 0 Å². The largest absolute Gasteiger partial charge is 0.314 e. The highest BCUT2D eigenvalue weighted by atomic mass is 14.9. The Morgan fingerprint density at radius 3 is 1.12 bits per heavy atom.